The van der Waals surface area contributed by atoms with E-state index in [1.807, 2.05) is 107 Å². The van der Waals surface area contributed by atoms with Gasteiger partial charge in [0.15, 0.2) is 0 Å². The monoisotopic (exact) mass is 704 g/mol. The molecule has 2 aliphatic heterocycles. The third-order valence-corrected chi connectivity index (χ3v) is 9.94. The quantitative estimate of drug-likeness (QED) is 0.171. The van der Waals surface area contributed by atoms with E-state index in [0.29, 0.717) is 30.6 Å². The number of fused-ring (bicyclic) bond motifs is 1. The summed E-state index contributed by atoms with van der Waals surface area (Å²) in [5, 5.41) is 2.89. The molecule has 0 aliphatic carbocycles. The van der Waals surface area contributed by atoms with Crippen LogP contribution in [0.15, 0.2) is 95.8 Å². The minimum Gasteiger partial charge on any atom is -0.473 e. The molecular weight excluding hydrogens is 656 g/mol. The summed E-state index contributed by atoms with van der Waals surface area (Å²) in [5.74, 6) is 0.736. The Kier molecular flexibility index (Phi) is 9.96. The maximum absolute atomic E-state index is 14.1. The van der Waals surface area contributed by atoms with Gasteiger partial charge in [0, 0.05) is 51.3 Å². The summed E-state index contributed by atoms with van der Waals surface area (Å²) in [6, 6.07) is 29.6. The van der Waals surface area contributed by atoms with E-state index < -0.39 is 5.60 Å². The van der Waals surface area contributed by atoms with E-state index in [-0.39, 0.29) is 23.8 Å². The highest BCUT2D eigenvalue weighted by Gasteiger charge is 2.44. The van der Waals surface area contributed by atoms with Gasteiger partial charge in [-0.3, -0.25) is 9.13 Å². The lowest BCUT2D eigenvalue weighted by molar-refractivity contribution is 0.0523. The van der Waals surface area contributed by atoms with Crippen LogP contribution in [-0.2, 0) is 25.0 Å². The highest BCUT2D eigenvalue weighted by Crippen LogP contribution is 2.42. The number of carbonyl (C=O) groups is 1. The fraction of sp³-hybridized carbons (Fsp3) is 0.390. The molecule has 4 heterocycles. The molecule has 1 unspecified atom stereocenters. The fourth-order valence-corrected chi connectivity index (χ4v) is 7.43. The number of amides is 1. The Labute approximate surface area is 304 Å². The van der Waals surface area contributed by atoms with Crippen molar-refractivity contribution in [3.05, 3.63) is 113 Å². The number of alkyl carbamates (subject to hydrolysis) is 1. The van der Waals surface area contributed by atoms with Crippen molar-refractivity contribution in [3.63, 3.8) is 0 Å². The molecule has 1 N–H and O–H groups in total. The molecule has 0 saturated carbocycles. The van der Waals surface area contributed by atoms with E-state index in [1.54, 1.807) is 15.2 Å². The summed E-state index contributed by atoms with van der Waals surface area (Å²) in [7, 11) is 1.83. The lowest BCUT2D eigenvalue weighted by atomic mass is 9.86. The first-order chi connectivity index (χ1) is 25.1. The SMILES string of the molecule is Cn1c(=O)n(-c2ccc(OCc3ccccc3)nc2OCc2ccccc2)c2cccc(N3CCC4(CCN(CCNC(=O)OC(C)(C)C)C4)C3)c21. The number of likely N-dealkylation sites (tertiary alicyclic amines) is 1. The zero-order valence-corrected chi connectivity index (χ0v) is 30.5. The Morgan fingerprint density at radius 1 is 0.827 bits per heavy atom. The maximum Gasteiger partial charge on any atom is 0.407 e. The van der Waals surface area contributed by atoms with Gasteiger partial charge in [-0.1, -0.05) is 66.7 Å². The van der Waals surface area contributed by atoms with Crippen molar-refractivity contribution < 1.29 is 19.0 Å². The van der Waals surface area contributed by atoms with Crippen LogP contribution >= 0.6 is 0 Å². The van der Waals surface area contributed by atoms with Crippen LogP contribution < -0.4 is 25.4 Å². The molecule has 0 radical (unpaired) electrons. The molecule has 2 aliphatic rings. The van der Waals surface area contributed by atoms with Crippen LogP contribution in [0.1, 0.15) is 44.7 Å². The number of imidazole rings is 1. The van der Waals surface area contributed by atoms with E-state index in [4.69, 9.17) is 19.2 Å². The number of anilines is 1. The molecule has 2 saturated heterocycles. The van der Waals surface area contributed by atoms with Gasteiger partial charge in [-0.2, -0.15) is 4.98 Å². The predicted octanol–water partition coefficient (Wildman–Crippen LogP) is 6.31. The molecule has 1 spiro atoms. The number of pyridine rings is 1. The second kappa shape index (κ2) is 14.7. The predicted molar refractivity (Wildman–Crippen MR) is 202 cm³/mol. The summed E-state index contributed by atoms with van der Waals surface area (Å²) in [4.78, 5) is 35.9. The van der Waals surface area contributed by atoms with Crippen LogP contribution in [0.25, 0.3) is 16.7 Å². The standard InChI is InChI=1S/C41H48N6O5/c1-40(2,3)52-38(48)42-22-25-45-23-20-41(28-45)21-24-46(29-41)32-16-11-17-33-36(32)44(4)39(49)47(33)34-18-19-35(50-26-30-12-7-5-8-13-30)43-37(34)51-27-31-14-9-6-10-15-31/h5-19H,20-29H2,1-4H3,(H,42,48). The third-order valence-electron chi connectivity index (χ3n) is 9.94. The highest BCUT2D eigenvalue weighted by molar-refractivity contribution is 5.91. The molecule has 3 aromatic carbocycles. The minimum atomic E-state index is -0.514. The van der Waals surface area contributed by atoms with E-state index >= 15 is 0 Å². The van der Waals surface area contributed by atoms with Crippen molar-refractivity contribution in [1.29, 1.82) is 0 Å². The van der Waals surface area contributed by atoms with Gasteiger partial charge in [-0.25, -0.2) is 9.59 Å². The normalized spacial score (nSPS) is 17.6. The van der Waals surface area contributed by atoms with Gasteiger partial charge in [-0.05, 0) is 69.5 Å². The average molecular weight is 705 g/mol. The fourth-order valence-electron chi connectivity index (χ4n) is 7.43. The number of aryl methyl sites for hydroxylation is 1. The Morgan fingerprint density at radius 2 is 1.52 bits per heavy atom. The van der Waals surface area contributed by atoms with Gasteiger partial charge < -0.3 is 29.3 Å². The molecule has 2 aromatic heterocycles. The van der Waals surface area contributed by atoms with E-state index in [2.05, 4.69) is 21.2 Å². The molecule has 7 rings (SSSR count). The number of benzene rings is 3. The molecule has 0 bridgehead atoms. The molecule has 1 atom stereocenters. The van der Waals surface area contributed by atoms with E-state index in [1.165, 1.54) is 0 Å². The molecule has 11 heteroatoms. The first kappa shape index (κ1) is 35.1. The number of aromatic nitrogens is 3. The minimum absolute atomic E-state index is 0.160. The summed E-state index contributed by atoms with van der Waals surface area (Å²) in [6.07, 6.45) is 1.79. The molecule has 11 nitrogen and oxygen atoms in total. The number of hydrogen-bond donors (Lipinski definition) is 1. The summed E-state index contributed by atoms with van der Waals surface area (Å²) in [5.41, 5.74) is 4.75. The van der Waals surface area contributed by atoms with Gasteiger partial charge in [0.05, 0.1) is 16.7 Å². The topological polar surface area (TPSA) is 103 Å². The maximum atomic E-state index is 14.1. The molecule has 2 fully saturated rings. The van der Waals surface area contributed by atoms with Gasteiger partial charge in [-0.15, -0.1) is 0 Å². The second-order valence-electron chi connectivity index (χ2n) is 15.0. The van der Waals surface area contributed by atoms with E-state index in [0.717, 1.165) is 73.4 Å². The Balaban J connectivity index is 1.12. The van der Waals surface area contributed by atoms with Gasteiger partial charge in [0.25, 0.3) is 0 Å². The Hall–Kier alpha value is -5.29. The van der Waals surface area contributed by atoms with E-state index in [9.17, 15) is 9.59 Å². The third kappa shape index (κ3) is 7.79. The van der Waals surface area contributed by atoms with Gasteiger partial charge in [0.2, 0.25) is 11.8 Å². The number of ether oxygens (including phenoxy) is 3. The molecule has 272 valence electrons. The average Bonchev–Trinajstić information content (AvgIpc) is 3.82. The molecule has 1 amide bonds. The molecule has 52 heavy (non-hydrogen) atoms. The molecule has 5 aromatic rings. The van der Waals surface area contributed by atoms with Crippen LogP contribution in [0.2, 0.25) is 0 Å². The highest BCUT2D eigenvalue weighted by atomic mass is 16.6. The Morgan fingerprint density at radius 3 is 2.23 bits per heavy atom. The first-order valence-corrected chi connectivity index (χ1v) is 18.1. The number of carbonyl (C=O) groups excluding carboxylic acids is 1. The van der Waals surface area contributed by atoms with Crippen molar-refractivity contribution in [3.8, 4) is 17.4 Å². The van der Waals surface area contributed by atoms with Crippen LogP contribution in [0.4, 0.5) is 10.5 Å². The summed E-state index contributed by atoms with van der Waals surface area (Å²) < 4.78 is 21.2. The number of nitrogens with one attached hydrogen (secondary N) is 1. The summed E-state index contributed by atoms with van der Waals surface area (Å²) >= 11 is 0. The smallest absolute Gasteiger partial charge is 0.407 e. The lowest BCUT2D eigenvalue weighted by Crippen LogP contribution is -2.38. The van der Waals surface area contributed by atoms with Gasteiger partial charge >= 0.3 is 11.8 Å². The zero-order valence-electron chi connectivity index (χ0n) is 30.5. The lowest BCUT2D eigenvalue weighted by Gasteiger charge is -2.26. The molecular formula is C41H48N6O5. The van der Waals surface area contributed by atoms with Crippen LogP contribution in [0.5, 0.6) is 11.8 Å². The largest absolute Gasteiger partial charge is 0.473 e. The number of rotatable bonds is 11. The number of nitrogens with zero attached hydrogens (tertiary/aromatic N) is 5. The number of hydrogen-bond acceptors (Lipinski definition) is 8. The van der Waals surface area contributed by atoms with Crippen molar-refractivity contribution in [2.75, 3.05) is 44.2 Å². The van der Waals surface area contributed by atoms with Crippen molar-refractivity contribution in [1.82, 2.24) is 24.3 Å². The first-order valence-electron chi connectivity index (χ1n) is 18.1. The van der Waals surface area contributed by atoms with Crippen LogP contribution in [-0.4, -0.2) is 70.0 Å². The summed E-state index contributed by atoms with van der Waals surface area (Å²) in [6.45, 7) is 11.4. The Bertz CT molecular complexity index is 2070. The zero-order chi connectivity index (χ0) is 36.3. The van der Waals surface area contributed by atoms with Crippen molar-refractivity contribution >= 4 is 22.8 Å². The van der Waals surface area contributed by atoms with Crippen LogP contribution in [0.3, 0.4) is 0 Å². The number of para-hydroxylation sites is 1. The van der Waals surface area contributed by atoms with Crippen molar-refractivity contribution in [2.24, 2.45) is 12.5 Å². The van der Waals surface area contributed by atoms with Gasteiger partial charge in [0.1, 0.15) is 24.5 Å². The van der Waals surface area contributed by atoms with Crippen molar-refractivity contribution in [2.45, 2.75) is 52.4 Å². The van der Waals surface area contributed by atoms with Crippen LogP contribution in [0, 0.1) is 5.41 Å². The second-order valence-corrected chi connectivity index (χ2v) is 15.0.